The van der Waals surface area contributed by atoms with Gasteiger partial charge in [-0.05, 0) is 44.0 Å². The van der Waals surface area contributed by atoms with Crippen molar-refractivity contribution in [2.24, 2.45) is 0 Å². The standard InChI is InChI=1S/C20H24Cl3NO2/c1-4-13(3)24-11-15-8-19(25-5-2)20(10-18(15)23)26-12-14-6-7-16(21)9-17(14)22/h6-10,13,24H,4-5,11-12H2,1-3H3. The van der Waals surface area contributed by atoms with Gasteiger partial charge in [-0.2, -0.15) is 0 Å². The maximum Gasteiger partial charge on any atom is 0.163 e. The molecule has 2 aromatic rings. The average Bonchev–Trinajstić information content (AvgIpc) is 2.61. The van der Waals surface area contributed by atoms with Gasteiger partial charge in [0.25, 0.3) is 0 Å². The molecular weight excluding hydrogens is 393 g/mol. The molecule has 0 heterocycles. The van der Waals surface area contributed by atoms with Crippen molar-refractivity contribution < 1.29 is 9.47 Å². The van der Waals surface area contributed by atoms with Gasteiger partial charge in [0.05, 0.1) is 6.61 Å². The fraction of sp³-hybridized carbons (Fsp3) is 0.400. The van der Waals surface area contributed by atoms with Crippen molar-refractivity contribution in [3.8, 4) is 11.5 Å². The first-order valence-electron chi connectivity index (χ1n) is 8.69. The Balaban J connectivity index is 2.17. The summed E-state index contributed by atoms with van der Waals surface area (Å²) in [5.41, 5.74) is 1.82. The summed E-state index contributed by atoms with van der Waals surface area (Å²) in [6.07, 6.45) is 1.05. The van der Waals surface area contributed by atoms with E-state index in [1.807, 2.05) is 19.1 Å². The second kappa shape index (κ2) is 10.3. The molecule has 26 heavy (non-hydrogen) atoms. The SMILES string of the molecule is CCOc1cc(CNC(C)CC)c(Cl)cc1OCc1ccc(Cl)cc1Cl. The van der Waals surface area contributed by atoms with Crippen molar-refractivity contribution >= 4 is 34.8 Å². The third-order valence-electron chi connectivity index (χ3n) is 4.06. The molecule has 1 N–H and O–H groups in total. The Morgan fingerprint density at radius 1 is 0.923 bits per heavy atom. The maximum atomic E-state index is 6.44. The molecule has 0 fully saturated rings. The summed E-state index contributed by atoms with van der Waals surface area (Å²) in [4.78, 5) is 0. The van der Waals surface area contributed by atoms with Crippen LogP contribution in [0.3, 0.4) is 0 Å². The zero-order valence-electron chi connectivity index (χ0n) is 15.2. The summed E-state index contributed by atoms with van der Waals surface area (Å²) >= 11 is 18.6. The van der Waals surface area contributed by atoms with Crippen LogP contribution in [0, 0.1) is 0 Å². The first-order chi connectivity index (χ1) is 12.4. The molecular formula is C20H24Cl3NO2. The minimum atomic E-state index is 0.302. The van der Waals surface area contributed by atoms with Crippen LogP contribution in [0.25, 0.3) is 0 Å². The summed E-state index contributed by atoms with van der Waals surface area (Å²) in [5.74, 6) is 1.26. The van der Waals surface area contributed by atoms with Crippen molar-refractivity contribution in [3.63, 3.8) is 0 Å². The Hall–Kier alpha value is -1.13. The lowest BCUT2D eigenvalue weighted by molar-refractivity contribution is 0.269. The number of rotatable bonds is 9. The molecule has 2 rings (SSSR count). The van der Waals surface area contributed by atoms with Crippen LogP contribution in [0.15, 0.2) is 30.3 Å². The Morgan fingerprint density at radius 3 is 2.27 bits per heavy atom. The van der Waals surface area contributed by atoms with E-state index in [1.165, 1.54) is 0 Å². The topological polar surface area (TPSA) is 30.5 Å². The van der Waals surface area contributed by atoms with Crippen LogP contribution in [0.1, 0.15) is 38.3 Å². The molecule has 0 aromatic heterocycles. The van der Waals surface area contributed by atoms with Crippen LogP contribution < -0.4 is 14.8 Å². The molecule has 0 aliphatic rings. The lowest BCUT2D eigenvalue weighted by Crippen LogP contribution is -2.24. The van der Waals surface area contributed by atoms with Gasteiger partial charge in [-0.25, -0.2) is 0 Å². The second-order valence-electron chi connectivity index (χ2n) is 6.04. The van der Waals surface area contributed by atoms with E-state index in [0.717, 1.165) is 17.5 Å². The van der Waals surface area contributed by atoms with Crippen LogP contribution in [0.4, 0.5) is 0 Å². The van der Waals surface area contributed by atoms with Crippen LogP contribution in [0.2, 0.25) is 15.1 Å². The van der Waals surface area contributed by atoms with E-state index >= 15 is 0 Å². The van der Waals surface area contributed by atoms with E-state index in [0.29, 0.717) is 52.4 Å². The van der Waals surface area contributed by atoms with E-state index in [2.05, 4.69) is 19.2 Å². The lowest BCUT2D eigenvalue weighted by atomic mass is 10.1. The molecule has 142 valence electrons. The average molecular weight is 417 g/mol. The third-order valence-corrected chi connectivity index (χ3v) is 5.00. The van der Waals surface area contributed by atoms with E-state index in [1.54, 1.807) is 18.2 Å². The second-order valence-corrected chi connectivity index (χ2v) is 7.29. The molecule has 6 heteroatoms. The molecule has 0 aliphatic heterocycles. The predicted molar refractivity (Wildman–Crippen MR) is 110 cm³/mol. The number of benzene rings is 2. The number of hydrogen-bond acceptors (Lipinski definition) is 3. The number of nitrogens with one attached hydrogen (secondary N) is 1. The molecule has 0 aliphatic carbocycles. The summed E-state index contributed by atoms with van der Waals surface area (Å²) in [5, 5.41) is 5.24. The number of hydrogen-bond donors (Lipinski definition) is 1. The van der Waals surface area contributed by atoms with Crippen LogP contribution in [-0.2, 0) is 13.2 Å². The van der Waals surface area contributed by atoms with Crippen molar-refractivity contribution in [2.45, 2.75) is 46.4 Å². The molecule has 1 unspecified atom stereocenters. The quantitative estimate of drug-likeness (QED) is 0.505. The Labute approximate surface area is 170 Å². The van der Waals surface area contributed by atoms with Crippen LogP contribution in [-0.4, -0.2) is 12.6 Å². The summed E-state index contributed by atoms with van der Waals surface area (Å²) in [6, 6.07) is 9.47. The molecule has 0 saturated carbocycles. The normalized spacial score (nSPS) is 12.1. The lowest BCUT2D eigenvalue weighted by Gasteiger charge is -2.17. The minimum Gasteiger partial charge on any atom is -0.490 e. The monoisotopic (exact) mass is 415 g/mol. The highest BCUT2D eigenvalue weighted by Gasteiger charge is 2.13. The van der Waals surface area contributed by atoms with Gasteiger partial charge < -0.3 is 14.8 Å². The van der Waals surface area contributed by atoms with Gasteiger partial charge in [0.15, 0.2) is 11.5 Å². The highest BCUT2D eigenvalue weighted by atomic mass is 35.5. The molecule has 0 amide bonds. The fourth-order valence-corrected chi connectivity index (χ4v) is 3.00. The van der Waals surface area contributed by atoms with Gasteiger partial charge in [0.2, 0.25) is 0 Å². The van der Waals surface area contributed by atoms with Gasteiger partial charge in [-0.3, -0.25) is 0 Å². The van der Waals surface area contributed by atoms with E-state index < -0.39 is 0 Å². The smallest absolute Gasteiger partial charge is 0.163 e. The van der Waals surface area contributed by atoms with Gasteiger partial charge >= 0.3 is 0 Å². The fourth-order valence-electron chi connectivity index (χ4n) is 2.32. The molecule has 3 nitrogen and oxygen atoms in total. The van der Waals surface area contributed by atoms with Gasteiger partial charge in [-0.1, -0.05) is 47.8 Å². The van der Waals surface area contributed by atoms with E-state index in [9.17, 15) is 0 Å². The molecule has 2 aromatic carbocycles. The Kier molecular flexibility index (Phi) is 8.36. The van der Waals surface area contributed by atoms with Gasteiger partial charge in [0, 0.05) is 39.3 Å². The van der Waals surface area contributed by atoms with Gasteiger partial charge in [-0.15, -0.1) is 0 Å². The largest absolute Gasteiger partial charge is 0.490 e. The molecule has 1 atom stereocenters. The summed E-state index contributed by atoms with van der Waals surface area (Å²) in [6.45, 7) is 7.74. The zero-order valence-corrected chi connectivity index (χ0v) is 17.5. The van der Waals surface area contributed by atoms with Crippen LogP contribution >= 0.6 is 34.8 Å². The molecule has 0 saturated heterocycles. The van der Waals surface area contributed by atoms with Crippen molar-refractivity contribution in [1.82, 2.24) is 5.32 Å². The van der Waals surface area contributed by atoms with Crippen molar-refractivity contribution in [2.75, 3.05) is 6.61 Å². The maximum absolute atomic E-state index is 6.44. The Morgan fingerprint density at radius 2 is 1.62 bits per heavy atom. The first-order valence-corrected chi connectivity index (χ1v) is 9.83. The summed E-state index contributed by atoms with van der Waals surface area (Å²) in [7, 11) is 0. The van der Waals surface area contributed by atoms with E-state index in [-0.39, 0.29) is 0 Å². The molecule has 0 spiro atoms. The van der Waals surface area contributed by atoms with Crippen molar-refractivity contribution in [3.05, 3.63) is 56.5 Å². The third kappa shape index (κ3) is 5.95. The minimum absolute atomic E-state index is 0.302. The van der Waals surface area contributed by atoms with E-state index in [4.69, 9.17) is 44.3 Å². The first kappa shape index (κ1) is 21.2. The number of ether oxygens (including phenoxy) is 2. The van der Waals surface area contributed by atoms with Crippen molar-refractivity contribution in [1.29, 1.82) is 0 Å². The zero-order chi connectivity index (χ0) is 19.1. The summed E-state index contributed by atoms with van der Waals surface area (Å²) < 4.78 is 11.7. The Bertz CT molecular complexity index is 737. The van der Waals surface area contributed by atoms with Gasteiger partial charge in [0.1, 0.15) is 6.61 Å². The highest BCUT2D eigenvalue weighted by Crippen LogP contribution is 2.35. The molecule has 0 bridgehead atoms. The predicted octanol–water partition coefficient (Wildman–Crippen LogP) is 6.51. The molecule has 0 radical (unpaired) electrons. The number of halogens is 3. The highest BCUT2D eigenvalue weighted by molar-refractivity contribution is 6.35. The van der Waals surface area contributed by atoms with Crippen LogP contribution in [0.5, 0.6) is 11.5 Å².